The van der Waals surface area contributed by atoms with E-state index in [1.165, 1.54) is 5.56 Å². The van der Waals surface area contributed by atoms with Crippen LogP contribution in [-0.4, -0.2) is 12.8 Å². The highest BCUT2D eigenvalue weighted by molar-refractivity contribution is 6.08. The predicted molar refractivity (Wildman–Crippen MR) is 43.2 cm³/mol. The molecule has 2 heteroatoms. The summed E-state index contributed by atoms with van der Waals surface area (Å²) in [6, 6.07) is 4.04. The summed E-state index contributed by atoms with van der Waals surface area (Å²) in [6.45, 7) is 3.99. The van der Waals surface area contributed by atoms with E-state index in [-0.39, 0.29) is 0 Å². The van der Waals surface area contributed by atoms with E-state index in [9.17, 15) is 0 Å². The van der Waals surface area contributed by atoms with Crippen molar-refractivity contribution in [2.75, 3.05) is 0 Å². The van der Waals surface area contributed by atoms with Crippen LogP contribution in [0.3, 0.4) is 0 Å². The SMILES string of the molecule is [B]Cc1nc(C)ccc1C. The van der Waals surface area contributed by atoms with Gasteiger partial charge in [0.25, 0.3) is 0 Å². The molecule has 0 amide bonds. The quantitative estimate of drug-likeness (QED) is 0.524. The molecule has 1 heterocycles. The van der Waals surface area contributed by atoms with Crippen LogP contribution in [0.5, 0.6) is 0 Å². The molecule has 2 radical (unpaired) electrons. The van der Waals surface area contributed by atoms with Gasteiger partial charge in [-0.25, -0.2) is 0 Å². The fourth-order valence-electron chi connectivity index (χ4n) is 0.887. The second kappa shape index (κ2) is 2.87. The Bertz CT molecular complexity index is 233. The molecule has 1 nitrogen and oxygen atoms in total. The van der Waals surface area contributed by atoms with E-state index in [0.717, 1.165) is 11.4 Å². The van der Waals surface area contributed by atoms with Gasteiger partial charge in [0.2, 0.25) is 0 Å². The summed E-state index contributed by atoms with van der Waals surface area (Å²) in [5.74, 6) is 0. The van der Waals surface area contributed by atoms with Gasteiger partial charge in [-0.15, -0.1) is 0 Å². The number of aromatic nitrogens is 1. The molecule has 1 aromatic heterocycles. The van der Waals surface area contributed by atoms with Gasteiger partial charge < -0.3 is 0 Å². The topological polar surface area (TPSA) is 12.9 Å². The third-order valence-corrected chi connectivity index (χ3v) is 1.53. The van der Waals surface area contributed by atoms with E-state index >= 15 is 0 Å². The number of pyridine rings is 1. The van der Waals surface area contributed by atoms with Crippen LogP contribution < -0.4 is 0 Å². The minimum Gasteiger partial charge on any atom is -0.259 e. The normalized spacial score (nSPS) is 9.80. The third kappa shape index (κ3) is 1.38. The van der Waals surface area contributed by atoms with Gasteiger partial charge in [-0.05, 0) is 31.8 Å². The molecule has 0 atom stereocenters. The van der Waals surface area contributed by atoms with E-state index in [1.54, 1.807) is 0 Å². The van der Waals surface area contributed by atoms with Crippen molar-refractivity contribution in [1.29, 1.82) is 0 Å². The summed E-state index contributed by atoms with van der Waals surface area (Å²) >= 11 is 0. The Morgan fingerprint density at radius 1 is 1.40 bits per heavy atom. The third-order valence-electron chi connectivity index (χ3n) is 1.53. The zero-order valence-corrected chi connectivity index (χ0v) is 6.39. The Hall–Kier alpha value is -0.785. The van der Waals surface area contributed by atoms with Gasteiger partial charge >= 0.3 is 0 Å². The monoisotopic (exact) mass is 131 g/mol. The highest BCUT2D eigenvalue weighted by atomic mass is 14.7. The minimum absolute atomic E-state index is 0.535. The summed E-state index contributed by atoms with van der Waals surface area (Å²) in [5.41, 5.74) is 3.21. The van der Waals surface area contributed by atoms with Gasteiger partial charge in [0, 0.05) is 11.4 Å². The van der Waals surface area contributed by atoms with Crippen molar-refractivity contribution < 1.29 is 0 Å². The fourth-order valence-corrected chi connectivity index (χ4v) is 0.887. The lowest BCUT2D eigenvalue weighted by Crippen LogP contribution is -1.95. The van der Waals surface area contributed by atoms with Crippen molar-refractivity contribution in [3.05, 3.63) is 29.1 Å². The molecule has 0 spiro atoms. The zero-order valence-electron chi connectivity index (χ0n) is 6.39. The Labute approximate surface area is 62.9 Å². The van der Waals surface area contributed by atoms with Crippen LogP contribution in [0.25, 0.3) is 0 Å². The number of aryl methyl sites for hydroxylation is 2. The molecule has 0 saturated carbocycles. The summed E-state index contributed by atoms with van der Waals surface area (Å²) in [7, 11) is 5.46. The van der Waals surface area contributed by atoms with Crippen molar-refractivity contribution in [3.63, 3.8) is 0 Å². The van der Waals surface area contributed by atoms with Gasteiger partial charge in [-0.1, -0.05) is 6.07 Å². The lowest BCUT2D eigenvalue weighted by molar-refractivity contribution is 1.07. The van der Waals surface area contributed by atoms with E-state index in [1.807, 2.05) is 26.0 Å². The van der Waals surface area contributed by atoms with Crippen LogP contribution in [0.1, 0.15) is 17.0 Å². The minimum atomic E-state index is 0.535. The highest BCUT2D eigenvalue weighted by Gasteiger charge is 1.94. The van der Waals surface area contributed by atoms with E-state index < -0.39 is 0 Å². The van der Waals surface area contributed by atoms with E-state index in [2.05, 4.69) is 4.98 Å². The van der Waals surface area contributed by atoms with Crippen molar-refractivity contribution in [2.24, 2.45) is 0 Å². The largest absolute Gasteiger partial charge is 0.259 e. The van der Waals surface area contributed by atoms with Crippen molar-refractivity contribution in [1.82, 2.24) is 4.98 Å². The van der Waals surface area contributed by atoms with Crippen molar-refractivity contribution in [3.8, 4) is 0 Å². The Balaban J connectivity index is 3.09. The molecule has 1 aromatic rings. The molecular formula is C8H10BN. The molecule has 10 heavy (non-hydrogen) atoms. The maximum absolute atomic E-state index is 5.46. The molecule has 0 saturated heterocycles. The van der Waals surface area contributed by atoms with E-state index in [0.29, 0.717) is 6.32 Å². The first kappa shape index (κ1) is 7.32. The second-order valence-electron chi connectivity index (χ2n) is 2.42. The maximum Gasteiger partial charge on any atom is 0.0738 e. The number of nitrogens with zero attached hydrogens (tertiary/aromatic N) is 1. The van der Waals surface area contributed by atoms with Crippen molar-refractivity contribution in [2.45, 2.75) is 20.2 Å². The molecule has 0 N–H and O–H groups in total. The van der Waals surface area contributed by atoms with Crippen LogP contribution in [0.2, 0.25) is 0 Å². The molecule has 0 fully saturated rings. The average molecular weight is 131 g/mol. The van der Waals surface area contributed by atoms with Crippen LogP contribution >= 0.6 is 0 Å². The molecule has 0 aliphatic heterocycles. The lowest BCUT2D eigenvalue weighted by Gasteiger charge is -2.01. The first-order valence-corrected chi connectivity index (χ1v) is 3.37. The van der Waals surface area contributed by atoms with Crippen LogP contribution in [-0.2, 0) is 6.32 Å². The molecule has 0 aliphatic rings. The molecule has 0 bridgehead atoms. The van der Waals surface area contributed by atoms with Gasteiger partial charge in [-0.2, -0.15) is 0 Å². The fraction of sp³-hybridized carbons (Fsp3) is 0.375. The van der Waals surface area contributed by atoms with Gasteiger partial charge in [0.05, 0.1) is 7.85 Å². The molecule has 0 unspecified atom stereocenters. The summed E-state index contributed by atoms with van der Waals surface area (Å²) < 4.78 is 0. The predicted octanol–water partition coefficient (Wildman–Crippen LogP) is 1.37. The van der Waals surface area contributed by atoms with E-state index in [4.69, 9.17) is 7.85 Å². The molecule has 0 aliphatic carbocycles. The first-order valence-electron chi connectivity index (χ1n) is 3.37. The summed E-state index contributed by atoms with van der Waals surface area (Å²) in [4.78, 5) is 4.27. The average Bonchev–Trinajstić information content (AvgIpc) is 1.94. The molecule has 50 valence electrons. The molecular weight excluding hydrogens is 121 g/mol. The maximum atomic E-state index is 5.46. The number of hydrogen-bond donors (Lipinski definition) is 0. The van der Waals surface area contributed by atoms with Crippen LogP contribution in [0.4, 0.5) is 0 Å². The zero-order chi connectivity index (χ0) is 7.56. The Morgan fingerprint density at radius 3 is 2.60 bits per heavy atom. The smallest absolute Gasteiger partial charge is 0.0738 e. The Morgan fingerprint density at radius 2 is 2.10 bits per heavy atom. The summed E-state index contributed by atoms with van der Waals surface area (Å²) in [6.07, 6.45) is 0.535. The van der Waals surface area contributed by atoms with Gasteiger partial charge in [0.1, 0.15) is 0 Å². The lowest BCUT2D eigenvalue weighted by atomic mass is 9.98. The molecule has 1 rings (SSSR count). The highest BCUT2D eigenvalue weighted by Crippen LogP contribution is 2.04. The van der Waals surface area contributed by atoms with Crippen LogP contribution in [0, 0.1) is 13.8 Å². The first-order chi connectivity index (χ1) is 4.74. The summed E-state index contributed by atoms with van der Waals surface area (Å²) in [5, 5.41) is 0. The van der Waals surface area contributed by atoms with Gasteiger partial charge in [0.15, 0.2) is 0 Å². The second-order valence-corrected chi connectivity index (χ2v) is 2.42. The van der Waals surface area contributed by atoms with Crippen molar-refractivity contribution >= 4 is 7.85 Å². The molecule has 0 aromatic carbocycles. The van der Waals surface area contributed by atoms with Gasteiger partial charge in [-0.3, -0.25) is 4.98 Å². The standard InChI is InChI=1S/C8H10BN/c1-6-3-4-7(2)10-8(6)5-9/h3-4H,5H2,1-2H3. The number of hydrogen-bond acceptors (Lipinski definition) is 1. The number of rotatable bonds is 1. The van der Waals surface area contributed by atoms with Crippen LogP contribution in [0.15, 0.2) is 12.1 Å². The Kier molecular flexibility index (Phi) is 2.10.